The van der Waals surface area contributed by atoms with Gasteiger partial charge in [-0.2, -0.15) is 0 Å². The van der Waals surface area contributed by atoms with Gasteiger partial charge in [-0.25, -0.2) is 9.80 Å². The first-order valence-electron chi connectivity index (χ1n) is 12.3. The van der Waals surface area contributed by atoms with Crippen molar-refractivity contribution in [1.82, 2.24) is 30.2 Å². The monoisotopic (exact) mass is 608 g/mol. The molecule has 39 heavy (non-hydrogen) atoms. The molecule has 4 heterocycles. The Morgan fingerprint density at radius 3 is 1.36 bits per heavy atom. The third kappa shape index (κ3) is 7.62. The van der Waals surface area contributed by atoms with Gasteiger partial charge in [-0.3, -0.25) is 49.2 Å². The van der Waals surface area contributed by atoms with E-state index in [1.165, 1.54) is 0 Å². The Labute approximate surface area is 240 Å². The predicted molar refractivity (Wildman–Crippen MR) is 143 cm³/mol. The lowest BCUT2D eigenvalue weighted by molar-refractivity contribution is -0.169. The van der Waals surface area contributed by atoms with Crippen molar-refractivity contribution in [3.05, 3.63) is 0 Å². The number of esters is 2. The van der Waals surface area contributed by atoms with Gasteiger partial charge < -0.3 is 9.47 Å². The normalized spacial score (nSPS) is 26.4. The maximum absolute atomic E-state index is 12.7. The Kier molecular flexibility index (Phi) is 11.4. The fourth-order valence-electron chi connectivity index (χ4n) is 4.45. The van der Waals surface area contributed by atoms with Crippen LogP contribution in [0.2, 0.25) is 0 Å². The molecule has 218 valence electrons. The van der Waals surface area contributed by atoms with Gasteiger partial charge in [0.05, 0.1) is 26.2 Å². The first kappa shape index (κ1) is 31.6. The third-order valence-electron chi connectivity index (χ3n) is 7.08. The van der Waals surface area contributed by atoms with Crippen molar-refractivity contribution in [3.8, 4) is 0 Å². The highest BCUT2D eigenvalue weighted by molar-refractivity contribution is 7.99. The Hall–Kier alpha value is -1.95. The van der Waals surface area contributed by atoms with E-state index in [9.17, 15) is 28.8 Å². The van der Waals surface area contributed by atoms with E-state index in [1.807, 2.05) is 13.8 Å². The first-order chi connectivity index (χ1) is 18.2. The van der Waals surface area contributed by atoms with Crippen LogP contribution in [0, 0.1) is 0 Å². The number of nitrogens with one attached hydrogen (secondary N) is 2. The number of hydrogen-bond acceptors (Lipinski definition) is 14. The molecule has 2 N–H and O–H groups in total. The lowest BCUT2D eigenvalue weighted by atomic mass is 10.1. The average molecular weight is 609 g/mol. The molecule has 4 atom stereocenters. The molecule has 4 amide bonds. The molecule has 4 aliphatic heterocycles. The molecule has 0 aromatic rings. The summed E-state index contributed by atoms with van der Waals surface area (Å²) in [5, 5.41) is 5.95. The number of ether oxygens (including phenoxy) is 2. The molecule has 0 aromatic carbocycles. The number of imide groups is 2. The highest BCUT2D eigenvalue weighted by Crippen LogP contribution is 2.19. The van der Waals surface area contributed by atoms with Gasteiger partial charge in [0, 0.05) is 35.3 Å². The van der Waals surface area contributed by atoms with Gasteiger partial charge in [0.15, 0.2) is 13.5 Å². The largest absolute Gasteiger partial charge is 0.442 e. The zero-order chi connectivity index (χ0) is 27.4. The lowest BCUT2D eigenvalue weighted by Crippen LogP contribution is -2.63. The molecule has 4 saturated heterocycles. The van der Waals surface area contributed by atoms with Crippen molar-refractivity contribution < 1.29 is 38.2 Å². The second-order valence-electron chi connectivity index (χ2n) is 9.45. The molecule has 4 aliphatic rings. The number of carbonyl (C=O) groups is 6. The number of hydrogen-bond donors (Lipinski definition) is 2. The van der Waals surface area contributed by atoms with Crippen molar-refractivity contribution in [2.75, 3.05) is 62.9 Å². The standard InChI is InChI=1S/C22H32N6O8S2.ClH/c1-13(25-3-17(29)27(18(30)4-25)11-35-21(33)15-7-37-9-23-15)14(2)26-5-19(31)28(20(32)6-26)12-36-22(34)16-8-38-10-24-16;/h13-16,23-24H,3-12H2,1-2H3;1H. The predicted octanol–water partition coefficient (Wildman–Crippen LogP) is -2.15. The Morgan fingerprint density at radius 1 is 0.744 bits per heavy atom. The Balaban J connectivity index is 0.00000420. The number of halogens is 1. The van der Waals surface area contributed by atoms with Gasteiger partial charge >= 0.3 is 11.9 Å². The molecule has 17 heteroatoms. The zero-order valence-electron chi connectivity index (χ0n) is 21.7. The molecular formula is C22H33ClN6O8S2. The summed E-state index contributed by atoms with van der Waals surface area (Å²) >= 11 is 3.12. The minimum Gasteiger partial charge on any atom is -0.442 e. The molecule has 4 fully saturated rings. The van der Waals surface area contributed by atoms with Gasteiger partial charge in [-0.05, 0) is 13.8 Å². The van der Waals surface area contributed by atoms with Crippen molar-refractivity contribution in [2.45, 2.75) is 38.0 Å². The Morgan fingerprint density at radius 2 is 1.08 bits per heavy atom. The highest BCUT2D eigenvalue weighted by Gasteiger charge is 2.40. The van der Waals surface area contributed by atoms with E-state index in [1.54, 1.807) is 33.3 Å². The smallest absolute Gasteiger partial charge is 0.325 e. The van der Waals surface area contributed by atoms with E-state index in [4.69, 9.17) is 9.47 Å². The zero-order valence-corrected chi connectivity index (χ0v) is 24.1. The van der Waals surface area contributed by atoms with Crippen LogP contribution in [-0.2, 0) is 38.2 Å². The quantitative estimate of drug-likeness (QED) is 0.216. The molecule has 0 radical (unpaired) electrons. The van der Waals surface area contributed by atoms with Gasteiger partial charge in [-0.15, -0.1) is 35.9 Å². The van der Waals surface area contributed by atoms with E-state index in [2.05, 4.69) is 10.6 Å². The summed E-state index contributed by atoms with van der Waals surface area (Å²) < 4.78 is 10.3. The van der Waals surface area contributed by atoms with Crippen LogP contribution in [0.1, 0.15) is 13.8 Å². The van der Waals surface area contributed by atoms with Crippen molar-refractivity contribution >= 4 is 71.5 Å². The second-order valence-corrected chi connectivity index (χ2v) is 11.5. The summed E-state index contributed by atoms with van der Waals surface area (Å²) in [6, 6.07) is -1.59. The number of thioether (sulfide) groups is 2. The fourth-order valence-corrected chi connectivity index (χ4v) is 6.30. The van der Waals surface area contributed by atoms with E-state index < -0.39 is 61.1 Å². The van der Waals surface area contributed by atoms with Crippen LogP contribution in [0.5, 0.6) is 0 Å². The van der Waals surface area contributed by atoms with Crippen LogP contribution in [0.4, 0.5) is 0 Å². The molecule has 0 bridgehead atoms. The van der Waals surface area contributed by atoms with Crippen molar-refractivity contribution in [3.63, 3.8) is 0 Å². The van der Waals surface area contributed by atoms with E-state index in [0.29, 0.717) is 23.3 Å². The minimum atomic E-state index is -0.502. The molecule has 0 spiro atoms. The topological polar surface area (TPSA) is 158 Å². The van der Waals surface area contributed by atoms with Crippen molar-refractivity contribution in [1.29, 1.82) is 0 Å². The maximum Gasteiger partial charge on any atom is 0.325 e. The van der Waals surface area contributed by atoms with Crippen molar-refractivity contribution in [2.24, 2.45) is 0 Å². The van der Waals surface area contributed by atoms with Gasteiger partial charge in [-0.1, -0.05) is 0 Å². The Bertz CT molecular complexity index is 868. The molecule has 0 aromatic heterocycles. The average Bonchev–Trinajstić information content (AvgIpc) is 3.61. The van der Waals surface area contributed by atoms with Gasteiger partial charge in [0.1, 0.15) is 12.1 Å². The summed E-state index contributed by atoms with van der Waals surface area (Å²) in [7, 11) is 0. The molecule has 0 saturated carbocycles. The molecule has 4 rings (SSSR count). The van der Waals surface area contributed by atoms with Crippen LogP contribution < -0.4 is 10.6 Å². The third-order valence-corrected chi connectivity index (χ3v) is 8.96. The van der Waals surface area contributed by atoms with E-state index >= 15 is 0 Å². The molecule has 0 aliphatic carbocycles. The van der Waals surface area contributed by atoms with Gasteiger partial charge in [0.2, 0.25) is 23.6 Å². The second kappa shape index (κ2) is 14.1. The number of amides is 4. The molecule has 4 unspecified atom stereocenters. The number of rotatable bonds is 9. The first-order valence-corrected chi connectivity index (χ1v) is 14.6. The van der Waals surface area contributed by atoms with Crippen LogP contribution in [0.15, 0.2) is 0 Å². The molecular weight excluding hydrogens is 576 g/mol. The maximum atomic E-state index is 12.7. The number of nitrogens with zero attached hydrogens (tertiary/aromatic N) is 4. The van der Waals surface area contributed by atoms with E-state index in [0.717, 1.165) is 9.80 Å². The summed E-state index contributed by atoms with van der Waals surface area (Å²) in [4.78, 5) is 80.2. The van der Waals surface area contributed by atoms with Crippen LogP contribution >= 0.6 is 35.9 Å². The summed E-state index contributed by atoms with van der Waals surface area (Å²) in [5.74, 6) is -0.530. The van der Waals surface area contributed by atoms with E-state index in [-0.39, 0.29) is 50.7 Å². The van der Waals surface area contributed by atoms with Crippen LogP contribution in [-0.4, -0.2) is 142 Å². The highest BCUT2D eigenvalue weighted by atomic mass is 35.5. The van der Waals surface area contributed by atoms with Crippen LogP contribution in [0.3, 0.4) is 0 Å². The minimum absolute atomic E-state index is 0. The van der Waals surface area contributed by atoms with Crippen LogP contribution in [0.25, 0.3) is 0 Å². The summed E-state index contributed by atoms with van der Waals surface area (Å²) in [6.45, 7) is 2.50. The molecule has 14 nitrogen and oxygen atoms in total. The number of carbonyl (C=O) groups excluding carboxylic acids is 6. The summed E-state index contributed by atoms with van der Waals surface area (Å²) in [6.07, 6.45) is 0. The van der Waals surface area contributed by atoms with Gasteiger partial charge in [0.25, 0.3) is 0 Å². The lowest BCUT2D eigenvalue weighted by Gasteiger charge is -2.43. The number of piperazine rings is 2. The fraction of sp³-hybridized carbons (Fsp3) is 0.727. The summed E-state index contributed by atoms with van der Waals surface area (Å²) in [5.41, 5.74) is 0. The SMILES string of the molecule is CC(C(C)N1CC(=O)N(COC(=O)C2CSCN2)C(=O)C1)N1CC(=O)N(COC(=O)C2CSCN2)C(=O)C1.Cl.